The van der Waals surface area contributed by atoms with Crippen LogP contribution in [0.4, 0.5) is 0 Å². The Morgan fingerprint density at radius 1 is 1.15 bits per heavy atom. The van der Waals surface area contributed by atoms with Gasteiger partial charge >= 0.3 is 0 Å². The number of hydrogen-bond donors (Lipinski definition) is 4. The van der Waals surface area contributed by atoms with Crippen LogP contribution in [-0.2, 0) is 20.7 Å². The summed E-state index contributed by atoms with van der Waals surface area (Å²) in [7, 11) is 1.39. The number of methoxy groups -OCH3 is 1. The number of phenols is 1. The summed E-state index contributed by atoms with van der Waals surface area (Å²) >= 11 is 0. The van der Waals surface area contributed by atoms with E-state index in [1.807, 2.05) is 0 Å². The molecule has 3 aliphatic rings. The number of aliphatic hydroxyl groups excluding tert-OH is 2. The number of carbonyl (C=O) groups is 3. The highest BCUT2D eigenvalue weighted by atomic mass is 16.7. The molecule has 40 heavy (non-hydrogen) atoms. The van der Waals surface area contributed by atoms with Gasteiger partial charge in [-0.2, -0.15) is 0 Å². The number of aliphatic hydroxyl groups is 2. The first-order chi connectivity index (χ1) is 19.1. The summed E-state index contributed by atoms with van der Waals surface area (Å²) in [5, 5.41) is 31.5. The smallest absolute Gasteiger partial charge is 0.202 e. The monoisotopic (exact) mass is 555 g/mol. The Kier molecular flexibility index (Phi) is 7.68. The van der Waals surface area contributed by atoms with Crippen LogP contribution in [0.1, 0.15) is 75.8 Å². The third-order valence-electron chi connectivity index (χ3n) is 7.98. The summed E-state index contributed by atoms with van der Waals surface area (Å²) in [6.07, 6.45) is -3.14. The first-order valence-corrected chi connectivity index (χ1v) is 13.3. The predicted octanol–water partition coefficient (Wildman–Crippen LogP) is 1.58. The highest BCUT2D eigenvalue weighted by Gasteiger charge is 2.45. The molecule has 0 radical (unpaired) electrons. The van der Waals surface area contributed by atoms with Crippen LogP contribution >= 0.6 is 0 Å². The molecular formula is C29H33NO10. The Morgan fingerprint density at radius 2 is 1.90 bits per heavy atom. The van der Waals surface area contributed by atoms with Crippen LogP contribution in [0.3, 0.4) is 0 Å². The Labute approximate surface area is 230 Å². The molecule has 2 aromatic carbocycles. The summed E-state index contributed by atoms with van der Waals surface area (Å²) in [5.41, 5.74) is 6.47. The van der Waals surface area contributed by atoms with E-state index in [4.69, 9.17) is 24.7 Å². The van der Waals surface area contributed by atoms with Gasteiger partial charge in [0.05, 0.1) is 48.7 Å². The topological polar surface area (TPSA) is 175 Å². The molecule has 0 amide bonds. The zero-order chi connectivity index (χ0) is 28.9. The van der Waals surface area contributed by atoms with E-state index in [0.717, 1.165) is 0 Å². The van der Waals surface area contributed by atoms with Crippen molar-refractivity contribution in [1.82, 2.24) is 0 Å². The van der Waals surface area contributed by atoms with Crippen molar-refractivity contribution >= 4 is 17.3 Å². The summed E-state index contributed by atoms with van der Waals surface area (Å²) in [5.74, 6) is -2.47. The number of phenolic OH excluding ortho intramolecular Hbond substituents is 1. The normalized spacial score (nSPS) is 27.4. The van der Waals surface area contributed by atoms with Crippen LogP contribution in [-0.4, -0.2) is 77.5 Å². The fourth-order valence-corrected chi connectivity index (χ4v) is 6.02. The highest BCUT2D eigenvalue weighted by Crippen LogP contribution is 2.52. The molecule has 1 fully saturated rings. The molecule has 2 aliphatic carbocycles. The van der Waals surface area contributed by atoms with Crippen molar-refractivity contribution in [3.63, 3.8) is 0 Å². The molecule has 0 aromatic heterocycles. The molecule has 1 aliphatic heterocycles. The number of nitrogens with two attached hydrogens (primary N) is 1. The molecule has 5 N–H and O–H groups in total. The summed E-state index contributed by atoms with van der Waals surface area (Å²) in [4.78, 5) is 40.4. The van der Waals surface area contributed by atoms with E-state index >= 15 is 0 Å². The minimum atomic E-state index is -0.977. The van der Waals surface area contributed by atoms with Gasteiger partial charge in [-0.15, -0.1) is 0 Å². The second-order valence-corrected chi connectivity index (χ2v) is 10.3. The van der Waals surface area contributed by atoms with Gasteiger partial charge < -0.3 is 40.0 Å². The fraction of sp³-hybridized carbons (Fsp3) is 0.483. The number of aromatic hydroxyl groups is 1. The molecule has 1 saturated heterocycles. The molecule has 11 nitrogen and oxygen atoms in total. The van der Waals surface area contributed by atoms with Gasteiger partial charge in [0.2, 0.25) is 5.78 Å². The molecular weight excluding hydrogens is 522 g/mol. The number of benzene rings is 2. The lowest BCUT2D eigenvalue weighted by Crippen LogP contribution is -2.52. The predicted molar refractivity (Wildman–Crippen MR) is 140 cm³/mol. The van der Waals surface area contributed by atoms with Gasteiger partial charge in [-0.1, -0.05) is 12.1 Å². The van der Waals surface area contributed by atoms with E-state index in [2.05, 4.69) is 0 Å². The van der Waals surface area contributed by atoms with Crippen LogP contribution in [0.5, 0.6) is 17.2 Å². The molecule has 0 saturated carbocycles. The van der Waals surface area contributed by atoms with Crippen LogP contribution in [0, 0.1) is 5.92 Å². The van der Waals surface area contributed by atoms with Gasteiger partial charge in [0.25, 0.3) is 0 Å². The molecule has 0 bridgehead atoms. The maximum atomic E-state index is 13.9. The first kappa shape index (κ1) is 28.2. The Balaban J connectivity index is 1.70. The number of carbonyl (C=O) groups excluding carboxylic acids is 3. The quantitative estimate of drug-likeness (QED) is 0.333. The number of rotatable bonds is 7. The van der Waals surface area contributed by atoms with Crippen molar-refractivity contribution < 1.29 is 48.7 Å². The number of ether oxygens (including phenoxy) is 4. The van der Waals surface area contributed by atoms with Crippen LogP contribution in [0.2, 0.25) is 0 Å². The lowest BCUT2D eigenvalue weighted by molar-refractivity contribution is -0.243. The zero-order valence-electron chi connectivity index (χ0n) is 22.5. The van der Waals surface area contributed by atoms with Crippen molar-refractivity contribution in [3.05, 3.63) is 51.6 Å². The maximum absolute atomic E-state index is 13.9. The van der Waals surface area contributed by atoms with E-state index in [-0.39, 0.29) is 65.2 Å². The molecule has 0 spiro atoms. The van der Waals surface area contributed by atoms with Gasteiger partial charge in [-0.3, -0.25) is 14.4 Å². The minimum Gasteiger partial charge on any atom is -0.507 e. The summed E-state index contributed by atoms with van der Waals surface area (Å²) in [6.45, 7) is 2.81. The van der Waals surface area contributed by atoms with Gasteiger partial charge in [-0.05, 0) is 32.8 Å². The van der Waals surface area contributed by atoms with Crippen LogP contribution in [0.15, 0.2) is 18.2 Å². The second kappa shape index (κ2) is 10.9. The lowest BCUT2D eigenvalue weighted by Gasteiger charge is -2.40. The molecule has 5 rings (SSSR count). The Morgan fingerprint density at radius 3 is 2.55 bits per heavy atom. The van der Waals surface area contributed by atoms with Crippen molar-refractivity contribution in [2.24, 2.45) is 11.7 Å². The molecule has 6 atom stereocenters. The van der Waals surface area contributed by atoms with Crippen LogP contribution in [0.25, 0.3) is 0 Å². The van der Waals surface area contributed by atoms with Gasteiger partial charge in [0, 0.05) is 35.1 Å². The number of ketones is 3. The molecule has 2 aromatic rings. The van der Waals surface area contributed by atoms with E-state index in [9.17, 15) is 29.7 Å². The number of Topliss-reactive ketones (excluding diaryl/α,β-unsaturated/α-hetero) is 1. The van der Waals surface area contributed by atoms with E-state index in [1.54, 1.807) is 26.0 Å². The molecule has 1 heterocycles. The third-order valence-corrected chi connectivity index (χ3v) is 7.98. The van der Waals surface area contributed by atoms with Crippen LogP contribution < -0.4 is 15.2 Å². The standard InChI is InChI=1S/C29H33NO10/c1-4-38-29-15-8-13(17(32)11-31)9-19(40-20-10-16(30)25(33)12(2)39-20)22(15)28(36)23-24(29)26(34)14-6-5-7-18(37-3)21(14)27(23)35/h5-7,12-13,16,19-20,25,31,33,36H,4,8-11,30H2,1-3H3/t12-,13+,16-,19-,20-,25+/m0/s1. The third kappa shape index (κ3) is 4.47. The van der Waals surface area contributed by atoms with Crippen molar-refractivity contribution in [2.75, 3.05) is 20.3 Å². The number of hydrogen-bond acceptors (Lipinski definition) is 11. The summed E-state index contributed by atoms with van der Waals surface area (Å²) in [6, 6.07) is 4.03. The van der Waals surface area contributed by atoms with Gasteiger partial charge in [-0.25, -0.2) is 0 Å². The fourth-order valence-electron chi connectivity index (χ4n) is 6.02. The van der Waals surface area contributed by atoms with Gasteiger partial charge in [0.1, 0.15) is 23.9 Å². The average Bonchev–Trinajstić information content (AvgIpc) is 2.94. The summed E-state index contributed by atoms with van der Waals surface area (Å²) < 4.78 is 23.4. The highest BCUT2D eigenvalue weighted by molar-refractivity contribution is 6.31. The van der Waals surface area contributed by atoms with E-state index in [1.165, 1.54) is 13.2 Å². The second-order valence-electron chi connectivity index (χ2n) is 10.3. The number of fused-ring (bicyclic) bond motifs is 3. The van der Waals surface area contributed by atoms with E-state index < -0.39 is 66.3 Å². The van der Waals surface area contributed by atoms with E-state index in [0.29, 0.717) is 5.56 Å². The van der Waals surface area contributed by atoms with Gasteiger partial charge in [0.15, 0.2) is 17.9 Å². The largest absolute Gasteiger partial charge is 0.507 e. The molecule has 214 valence electrons. The Bertz CT molecular complexity index is 1360. The minimum absolute atomic E-state index is 0.0335. The average molecular weight is 556 g/mol. The molecule has 11 heteroatoms. The van der Waals surface area contributed by atoms with Crippen molar-refractivity contribution in [2.45, 2.75) is 63.8 Å². The Hall–Kier alpha value is -3.35. The molecule has 0 unspecified atom stereocenters. The lowest BCUT2D eigenvalue weighted by atomic mass is 9.73. The van der Waals surface area contributed by atoms with Crippen molar-refractivity contribution in [3.8, 4) is 17.2 Å². The maximum Gasteiger partial charge on any atom is 0.202 e. The van der Waals surface area contributed by atoms with Crippen molar-refractivity contribution in [1.29, 1.82) is 0 Å². The zero-order valence-corrected chi connectivity index (χ0v) is 22.5. The SMILES string of the molecule is CCOc1c2c(c(O)c3c1C(=O)c1cccc(OC)c1C3=O)[C@@H](O[C@H]1C[C@H](N)[C@H](O)[C@H](C)O1)C[C@H](C(=O)CO)C2. The first-order valence-electron chi connectivity index (χ1n) is 13.3.